The van der Waals surface area contributed by atoms with Crippen LogP contribution in [0.2, 0.25) is 0 Å². The van der Waals surface area contributed by atoms with Crippen molar-refractivity contribution in [1.82, 2.24) is 0 Å². The molecule has 0 aliphatic heterocycles. The van der Waals surface area contributed by atoms with Crippen LogP contribution in [0.5, 0.6) is 0 Å². The number of rotatable bonds is 12. The molecule has 16 heavy (non-hydrogen) atoms. The minimum atomic E-state index is 0.147. The Morgan fingerprint density at radius 2 is 1.69 bits per heavy atom. The standard InChI is InChI=1S/C14H30O2/c1-3-5-6-7-9-14(4-2)10-8-12-16-13-11-15/h14-15H,3-13H2,1-2H3. The van der Waals surface area contributed by atoms with Crippen LogP contribution >= 0.6 is 0 Å². The van der Waals surface area contributed by atoms with E-state index in [4.69, 9.17) is 9.84 Å². The Morgan fingerprint density at radius 1 is 0.938 bits per heavy atom. The van der Waals surface area contributed by atoms with Crippen LogP contribution in [-0.4, -0.2) is 24.9 Å². The molecule has 1 N–H and O–H groups in total. The van der Waals surface area contributed by atoms with E-state index in [0.29, 0.717) is 6.61 Å². The van der Waals surface area contributed by atoms with Crippen molar-refractivity contribution >= 4 is 0 Å². The maximum Gasteiger partial charge on any atom is 0.0697 e. The minimum Gasteiger partial charge on any atom is -0.394 e. The normalized spacial score (nSPS) is 12.9. The third kappa shape index (κ3) is 10.4. The topological polar surface area (TPSA) is 29.5 Å². The molecule has 0 aromatic rings. The number of ether oxygens (including phenoxy) is 1. The van der Waals surface area contributed by atoms with E-state index in [1.807, 2.05) is 0 Å². The molecule has 2 heteroatoms. The third-order valence-corrected chi connectivity index (χ3v) is 3.18. The SMILES string of the molecule is CCCCCCC(CC)CCCOCCO. The van der Waals surface area contributed by atoms with Gasteiger partial charge in [-0.2, -0.15) is 0 Å². The van der Waals surface area contributed by atoms with E-state index >= 15 is 0 Å². The molecule has 0 rings (SSSR count). The van der Waals surface area contributed by atoms with Crippen LogP contribution in [0.25, 0.3) is 0 Å². The first-order valence-electron chi connectivity index (χ1n) is 7.03. The van der Waals surface area contributed by atoms with Crippen molar-refractivity contribution in [2.24, 2.45) is 5.92 Å². The first-order valence-corrected chi connectivity index (χ1v) is 7.03. The molecular weight excluding hydrogens is 200 g/mol. The molecule has 2 nitrogen and oxygen atoms in total. The van der Waals surface area contributed by atoms with Gasteiger partial charge in [0.25, 0.3) is 0 Å². The second-order valence-corrected chi connectivity index (χ2v) is 4.60. The number of aliphatic hydroxyl groups excluding tert-OH is 1. The smallest absolute Gasteiger partial charge is 0.0697 e. The van der Waals surface area contributed by atoms with Crippen LogP contribution in [0, 0.1) is 5.92 Å². The quantitative estimate of drug-likeness (QED) is 0.517. The highest BCUT2D eigenvalue weighted by Crippen LogP contribution is 2.19. The van der Waals surface area contributed by atoms with E-state index in [2.05, 4.69) is 13.8 Å². The Bertz CT molecular complexity index is 126. The van der Waals surface area contributed by atoms with E-state index in [9.17, 15) is 0 Å². The Labute approximate surface area is 101 Å². The number of hydrogen-bond donors (Lipinski definition) is 1. The molecule has 0 saturated heterocycles. The lowest BCUT2D eigenvalue weighted by Gasteiger charge is -2.14. The lowest BCUT2D eigenvalue weighted by Crippen LogP contribution is -2.04. The average molecular weight is 230 g/mol. The van der Waals surface area contributed by atoms with E-state index in [1.165, 1.54) is 44.9 Å². The Balaban J connectivity index is 3.29. The van der Waals surface area contributed by atoms with Crippen molar-refractivity contribution in [3.05, 3.63) is 0 Å². The van der Waals surface area contributed by atoms with Gasteiger partial charge in [-0.3, -0.25) is 0 Å². The van der Waals surface area contributed by atoms with Crippen molar-refractivity contribution in [1.29, 1.82) is 0 Å². The predicted molar refractivity (Wildman–Crippen MR) is 69.7 cm³/mol. The summed E-state index contributed by atoms with van der Waals surface area (Å²) in [4.78, 5) is 0. The zero-order valence-electron chi connectivity index (χ0n) is 11.2. The van der Waals surface area contributed by atoms with Crippen LogP contribution in [0.15, 0.2) is 0 Å². The zero-order valence-corrected chi connectivity index (χ0v) is 11.2. The van der Waals surface area contributed by atoms with Crippen molar-refractivity contribution in [3.8, 4) is 0 Å². The van der Waals surface area contributed by atoms with Gasteiger partial charge < -0.3 is 9.84 Å². The average Bonchev–Trinajstić information content (AvgIpc) is 2.31. The maximum absolute atomic E-state index is 8.56. The Kier molecular flexibility index (Phi) is 12.9. The van der Waals surface area contributed by atoms with Gasteiger partial charge in [-0.15, -0.1) is 0 Å². The summed E-state index contributed by atoms with van der Waals surface area (Å²) in [5.41, 5.74) is 0. The lowest BCUT2D eigenvalue weighted by atomic mass is 9.94. The number of unbranched alkanes of at least 4 members (excludes halogenated alkanes) is 3. The fraction of sp³-hybridized carbons (Fsp3) is 1.00. The lowest BCUT2D eigenvalue weighted by molar-refractivity contribution is 0.0872. The van der Waals surface area contributed by atoms with E-state index in [0.717, 1.165) is 18.9 Å². The molecule has 98 valence electrons. The molecule has 0 amide bonds. The molecule has 1 atom stereocenters. The fourth-order valence-corrected chi connectivity index (χ4v) is 2.05. The second-order valence-electron chi connectivity index (χ2n) is 4.60. The summed E-state index contributed by atoms with van der Waals surface area (Å²) >= 11 is 0. The molecule has 0 aromatic carbocycles. The van der Waals surface area contributed by atoms with Gasteiger partial charge in [-0.1, -0.05) is 52.4 Å². The van der Waals surface area contributed by atoms with Crippen LogP contribution in [-0.2, 0) is 4.74 Å². The van der Waals surface area contributed by atoms with Gasteiger partial charge in [0, 0.05) is 6.61 Å². The van der Waals surface area contributed by atoms with Gasteiger partial charge in [0.2, 0.25) is 0 Å². The maximum atomic E-state index is 8.56. The summed E-state index contributed by atoms with van der Waals surface area (Å²) in [6.07, 6.45) is 10.6. The molecule has 0 aromatic heterocycles. The summed E-state index contributed by atoms with van der Waals surface area (Å²) in [5.74, 6) is 0.884. The van der Waals surface area contributed by atoms with E-state index < -0.39 is 0 Å². The van der Waals surface area contributed by atoms with Crippen molar-refractivity contribution < 1.29 is 9.84 Å². The van der Waals surface area contributed by atoms with Gasteiger partial charge >= 0.3 is 0 Å². The molecule has 0 heterocycles. The van der Waals surface area contributed by atoms with Crippen molar-refractivity contribution in [3.63, 3.8) is 0 Å². The molecule has 0 radical (unpaired) electrons. The summed E-state index contributed by atoms with van der Waals surface area (Å²) in [6, 6.07) is 0. The molecule has 1 unspecified atom stereocenters. The summed E-state index contributed by atoms with van der Waals surface area (Å²) < 4.78 is 5.27. The molecule has 0 fully saturated rings. The number of hydrogen-bond acceptors (Lipinski definition) is 2. The van der Waals surface area contributed by atoms with Crippen molar-refractivity contribution in [2.75, 3.05) is 19.8 Å². The van der Waals surface area contributed by atoms with Gasteiger partial charge in [0.15, 0.2) is 0 Å². The van der Waals surface area contributed by atoms with Gasteiger partial charge in [0.05, 0.1) is 13.2 Å². The highest BCUT2D eigenvalue weighted by atomic mass is 16.5. The van der Waals surface area contributed by atoms with Crippen LogP contribution in [0.3, 0.4) is 0 Å². The summed E-state index contributed by atoms with van der Waals surface area (Å²) in [5, 5.41) is 8.56. The first-order chi connectivity index (χ1) is 7.85. The fourth-order valence-electron chi connectivity index (χ4n) is 2.05. The van der Waals surface area contributed by atoms with Gasteiger partial charge in [0.1, 0.15) is 0 Å². The molecule has 0 aliphatic carbocycles. The summed E-state index contributed by atoms with van der Waals surface area (Å²) in [6.45, 7) is 6.00. The monoisotopic (exact) mass is 230 g/mol. The van der Waals surface area contributed by atoms with Gasteiger partial charge in [-0.25, -0.2) is 0 Å². The highest BCUT2D eigenvalue weighted by molar-refractivity contribution is 4.58. The van der Waals surface area contributed by atoms with E-state index in [-0.39, 0.29) is 6.61 Å². The first kappa shape index (κ1) is 15.9. The van der Waals surface area contributed by atoms with E-state index in [1.54, 1.807) is 0 Å². The molecule has 0 saturated carbocycles. The number of aliphatic hydroxyl groups is 1. The van der Waals surface area contributed by atoms with Gasteiger partial charge in [-0.05, 0) is 18.8 Å². The van der Waals surface area contributed by atoms with Crippen LogP contribution < -0.4 is 0 Å². The molecule has 0 spiro atoms. The predicted octanol–water partition coefficient (Wildman–Crippen LogP) is 3.77. The molecule has 0 bridgehead atoms. The third-order valence-electron chi connectivity index (χ3n) is 3.18. The zero-order chi connectivity index (χ0) is 12.1. The van der Waals surface area contributed by atoms with Crippen molar-refractivity contribution in [2.45, 2.75) is 65.2 Å². The largest absolute Gasteiger partial charge is 0.394 e. The Hall–Kier alpha value is -0.0800. The van der Waals surface area contributed by atoms with Crippen LogP contribution in [0.4, 0.5) is 0 Å². The summed E-state index contributed by atoms with van der Waals surface area (Å²) in [7, 11) is 0. The highest BCUT2D eigenvalue weighted by Gasteiger charge is 2.05. The molecular formula is C14H30O2. The second kappa shape index (κ2) is 13.0. The minimum absolute atomic E-state index is 0.147. The molecule has 0 aliphatic rings. The van der Waals surface area contributed by atoms with Crippen LogP contribution in [0.1, 0.15) is 65.2 Å². The Morgan fingerprint density at radius 3 is 2.31 bits per heavy atom.